The van der Waals surface area contributed by atoms with Crippen LogP contribution in [0.4, 0.5) is 0 Å². The first-order chi connectivity index (χ1) is 9.25. The second-order valence-electron chi connectivity index (χ2n) is 4.90. The second-order valence-corrected chi connectivity index (χ2v) is 4.90. The molecule has 1 amide bonds. The minimum atomic E-state index is -0.247. The quantitative estimate of drug-likeness (QED) is 0.833. The first-order valence-corrected chi connectivity index (χ1v) is 6.42. The van der Waals surface area contributed by atoms with Crippen molar-refractivity contribution in [3.05, 3.63) is 30.4 Å². The highest BCUT2D eigenvalue weighted by atomic mass is 16.2. The molecule has 19 heavy (non-hydrogen) atoms. The van der Waals surface area contributed by atoms with E-state index >= 15 is 0 Å². The van der Waals surface area contributed by atoms with Gasteiger partial charge in [-0.15, -0.1) is 10.2 Å². The molecule has 2 aromatic rings. The van der Waals surface area contributed by atoms with E-state index in [1.54, 1.807) is 0 Å². The van der Waals surface area contributed by atoms with Gasteiger partial charge in [-0.1, -0.05) is 5.21 Å². The van der Waals surface area contributed by atoms with E-state index in [9.17, 15) is 4.79 Å². The predicted molar refractivity (Wildman–Crippen MR) is 66.9 cm³/mol. The fourth-order valence-corrected chi connectivity index (χ4v) is 2.14. The number of aromatic nitrogens is 5. The molecule has 2 atom stereocenters. The van der Waals surface area contributed by atoms with Crippen LogP contribution in [0.5, 0.6) is 0 Å². The van der Waals surface area contributed by atoms with Crippen LogP contribution in [0.25, 0.3) is 0 Å². The van der Waals surface area contributed by atoms with Crippen LogP contribution in [0.3, 0.4) is 0 Å². The number of hydrogen-bond donors (Lipinski definition) is 2. The predicted octanol–water partition coefficient (Wildman–Crippen LogP) is 0.830. The molecule has 0 aromatic carbocycles. The maximum atomic E-state index is 12.3. The third-order valence-corrected chi connectivity index (χ3v) is 3.49. The van der Waals surface area contributed by atoms with Crippen molar-refractivity contribution in [1.29, 1.82) is 0 Å². The monoisotopic (exact) mass is 260 g/mol. The summed E-state index contributed by atoms with van der Waals surface area (Å²) >= 11 is 0. The fraction of sp³-hybridized carbons (Fsp3) is 0.500. The Hall–Kier alpha value is -2.18. The van der Waals surface area contributed by atoms with Gasteiger partial charge in [0.25, 0.3) is 0 Å². The van der Waals surface area contributed by atoms with Gasteiger partial charge in [0, 0.05) is 12.4 Å². The van der Waals surface area contributed by atoms with Crippen LogP contribution in [0.1, 0.15) is 37.7 Å². The van der Waals surface area contributed by atoms with Crippen molar-refractivity contribution in [1.82, 2.24) is 30.5 Å². The van der Waals surface area contributed by atoms with Crippen LogP contribution in [-0.4, -0.2) is 31.1 Å². The lowest BCUT2D eigenvalue weighted by Gasteiger charge is -2.19. The largest absolute Gasteiger partial charge is 0.344 e. The summed E-state index contributed by atoms with van der Waals surface area (Å²) in [4.78, 5) is 12.3. The average molecular weight is 260 g/mol. The van der Waals surface area contributed by atoms with Crippen molar-refractivity contribution in [2.75, 3.05) is 0 Å². The molecule has 2 heterocycles. The highest BCUT2D eigenvalue weighted by molar-refractivity contribution is 5.80. The molecule has 3 rings (SSSR count). The summed E-state index contributed by atoms with van der Waals surface area (Å²) < 4.78 is 1.87. The van der Waals surface area contributed by atoms with Crippen LogP contribution >= 0.6 is 0 Å². The van der Waals surface area contributed by atoms with Gasteiger partial charge in [0.1, 0.15) is 6.04 Å². The standard InChI is InChI=1S/C12H16N6O/c1-8(18-6-2-3-7-18)12(19)13-10(9-4-5-9)11-14-16-17-15-11/h2-3,6-10H,4-5H2,1H3,(H,13,19)(H,14,15,16,17). The van der Waals surface area contributed by atoms with Gasteiger partial charge in [0.15, 0.2) is 5.82 Å². The zero-order valence-electron chi connectivity index (χ0n) is 10.7. The summed E-state index contributed by atoms with van der Waals surface area (Å²) in [5.41, 5.74) is 0. The number of amides is 1. The summed E-state index contributed by atoms with van der Waals surface area (Å²) in [5.74, 6) is 0.965. The minimum absolute atomic E-state index is 0.0297. The Morgan fingerprint density at radius 1 is 1.47 bits per heavy atom. The number of tetrazole rings is 1. The minimum Gasteiger partial charge on any atom is -0.344 e. The molecule has 0 aliphatic heterocycles. The van der Waals surface area contributed by atoms with E-state index in [0.717, 1.165) is 12.8 Å². The summed E-state index contributed by atoms with van der Waals surface area (Å²) in [5, 5.41) is 17.0. The molecule has 7 nitrogen and oxygen atoms in total. The van der Waals surface area contributed by atoms with E-state index < -0.39 is 0 Å². The number of rotatable bonds is 5. The topological polar surface area (TPSA) is 88.5 Å². The van der Waals surface area contributed by atoms with Crippen LogP contribution in [-0.2, 0) is 4.79 Å². The number of aromatic amines is 1. The van der Waals surface area contributed by atoms with Gasteiger partial charge in [0.2, 0.25) is 5.91 Å². The molecule has 2 aromatic heterocycles. The van der Waals surface area contributed by atoms with E-state index in [1.165, 1.54) is 0 Å². The molecule has 100 valence electrons. The number of nitrogens with one attached hydrogen (secondary N) is 2. The van der Waals surface area contributed by atoms with E-state index in [-0.39, 0.29) is 18.0 Å². The highest BCUT2D eigenvalue weighted by Crippen LogP contribution is 2.39. The Morgan fingerprint density at radius 2 is 2.21 bits per heavy atom. The Balaban J connectivity index is 1.70. The second kappa shape index (κ2) is 4.83. The first-order valence-electron chi connectivity index (χ1n) is 6.42. The molecular formula is C12H16N6O. The summed E-state index contributed by atoms with van der Waals surface area (Å²) in [6.45, 7) is 1.87. The summed E-state index contributed by atoms with van der Waals surface area (Å²) in [6, 6.07) is 3.43. The Kier molecular flexibility index (Phi) is 3.02. The lowest BCUT2D eigenvalue weighted by molar-refractivity contribution is -0.124. The van der Waals surface area contributed by atoms with Gasteiger partial charge in [-0.05, 0) is 37.8 Å². The normalized spacial score (nSPS) is 17.9. The van der Waals surface area contributed by atoms with Crippen molar-refractivity contribution in [2.45, 2.75) is 31.8 Å². The SMILES string of the molecule is CC(C(=O)NC(c1nn[nH]n1)C1CC1)n1cccc1. The maximum Gasteiger partial charge on any atom is 0.243 e. The van der Waals surface area contributed by atoms with Gasteiger partial charge in [0.05, 0.1) is 6.04 Å². The van der Waals surface area contributed by atoms with E-state index in [4.69, 9.17) is 0 Å². The average Bonchev–Trinajstić information content (AvgIpc) is 2.93. The van der Waals surface area contributed by atoms with Gasteiger partial charge >= 0.3 is 0 Å². The Morgan fingerprint density at radius 3 is 2.79 bits per heavy atom. The molecule has 0 saturated heterocycles. The van der Waals surface area contributed by atoms with Gasteiger partial charge in [-0.25, -0.2) is 0 Å². The molecule has 0 bridgehead atoms. The third-order valence-electron chi connectivity index (χ3n) is 3.49. The lowest BCUT2D eigenvalue weighted by atomic mass is 10.1. The number of H-pyrrole nitrogens is 1. The molecule has 7 heteroatoms. The fourth-order valence-electron chi connectivity index (χ4n) is 2.14. The van der Waals surface area contributed by atoms with Crippen molar-refractivity contribution in [2.24, 2.45) is 5.92 Å². The summed E-state index contributed by atoms with van der Waals surface area (Å²) in [6.07, 6.45) is 5.95. The number of hydrogen-bond acceptors (Lipinski definition) is 4. The molecule has 2 N–H and O–H groups in total. The van der Waals surface area contributed by atoms with Crippen LogP contribution in [0.2, 0.25) is 0 Å². The molecule has 1 aliphatic rings. The van der Waals surface area contributed by atoms with Crippen molar-refractivity contribution >= 4 is 5.91 Å². The molecule has 1 aliphatic carbocycles. The van der Waals surface area contributed by atoms with Crippen LogP contribution in [0, 0.1) is 5.92 Å². The molecule has 0 spiro atoms. The maximum absolute atomic E-state index is 12.3. The molecule has 1 fully saturated rings. The smallest absolute Gasteiger partial charge is 0.243 e. The number of nitrogens with zero attached hydrogens (tertiary/aromatic N) is 4. The van der Waals surface area contributed by atoms with Crippen molar-refractivity contribution < 1.29 is 4.79 Å². The van der Waals surface area contributed by atoms with Crippen LogP contribution < -0.4 is 5.32 Å². The first kappa shape index (κ1) is 11.9. The van der Waals surface area contributed by atoms with Gasteiger partial charge in [-0.3, -0.25) is 4.79 Å². The van der Waals surface area contributed by atoms with E-state index in [0.29, 0.717) is 11.7 Å². The molecule has 1 saturated carbocycles. The van der Waals surface area contributed by atoms with Crippen LogP contribution in [0.15, 0.2) is 24.5 Å². The molecule has 0 radical (unpaired) electrons. The number of carbonyl (C=O) groups excluding carboxylic acids is 1. The van der Waals surface area contributed by atoms with Crippen molar-refractivity contribution in [3.63, 3.8) is 0 Å². The van der Waals surface area contributed by atoms with Gasteiger partial charge in [-0.2, -0.15) is 5.21 Å². The Labute approximate surface area is 110 Å². The van der Waals surface area contributed by atoms with E-state index in [1.807, 2.05) is 36.0 Å². The zero-order valence-corrected chi connectivity index (χ0v) is 10.7. The lowest BCUT2D eigenvalue weighted by Crippen LogP contribution is -2.35. The van der Waals surface area contributed by atoms with Crippen molar-refractivity contribution in [3.8, 4) is 0 Å². The zero-order chi connectivity index (χ0) is 13.2. The summed E-state index contributed by atoms with van der Waals surface area (Å²) in [7, 11) is 0. The Bertz CT molecular complexity index is 531. The number of carbonyl (C=O) groups is 1. The highest BCUT2D eigenvalue weighted by Gasteiger charge is 2.36. The van der Waals surface area contributed by atoms with Gasteiger partial charge < -0.3 is 9.88 Å². The molecular weight excluding hydrogens is 244 g/mol. The van der Waals surface area contributed by atoms with E-state index in [2.05, 4.69) is 25.9 Å². The third kappa shape index (κ3) is 2.49. The molecule has 2 unspecified atom stereocenters.